The van der Waals surface area contributed by atoms with E-state index in [1.54, 1.807) is 13.4 Å². The highest BCUT2D eigenvalue weighted by Gasteiger charge is 2.37. The Labute approximate surface area is 273 Å². The molecule has 3 atom stereocenters. The van der Waals surface area contributed by atoms with Crippen molar-refractivity contribution < 1.29 is 18.9 Å². The maximum Gasteiger partial charge on any atom is 0.280 e. The Morgan fingerprint density at radius 1 is 0.915 bits per heavy atom. The number of anilines is 1. The lowest BCUT2D eigenvalue weighted by Gasteiger charge is -2.37. The topological polar surface area (TPSA) is 113 Å². The molecule has 3 heterocycles. The van der Waals surface area contributed by atoms with E-state index in [2.05, 4.69) is 51.7 Å². The van der Waals surface area contributed by atoms with Crippen molar-refractivity contribution in [3.05, 3.63) is 130 Å². The van der Waals surface area contributed by atoms with Gasteiger partial charge in [0.2, 0.25) is 5.95 Å². The van der Waals surface area contributed by atoms with Crippen molar-refractivity contribution in [3.63, 3.8) is 0 Å². The van der Waals surface area contributed by atoms with Crippen LogP contribution in [0.25, 0.3) is 11.2 Å². The Hall–Kier alpha value is -4.77. The molecule has 1 unspecified atom stereocenters. The summed E-state index contributed by atoms with van der Waals surface area (Å²) < 4.78 is 25.0. The van der Waals surface area contributed by atoms with Crippen molar-refractivity contribution in [1.29, 1.82) is 0 Å². The van der Waals surface area contributed by atoms with Gasteiger partial charge >= 0.3 is 0 Å². The van der Waals surface area contributed by atoms with E-state index < -0.39 is 5.54 Å². The van der Waals surface area contributed by atoms with Gasteiger partial charge in [0.1, 0.15) is 11.3 Å². The zero-order chi connectivity index (χ0) is 32.1. The molecule has 2 aromatic heterocycles. The van der Waals surface area contributed by atoms with Gasteiger partial charge in [-0.05, 0) is 48.1 Å². The van der Waals surface area contributed by atoms with Crippen molar-refractivity contribution in [1.82, 2.24) is 19.5 Å². The van der Waals surface area contributed by atoms with Crippen molar-refractivity contribution in [2.45, 2.75) is 49.7 Å². The third-order valence-electron chi connectivity index (χ3n) is 8.91. The average Bonchev–Trinajstić information content (AvgIpc) is 3.78. The maximum absolute atomic E-state index is 13.5. The predicted octanol–water partition coefficient (Wildman–Crippen LogP) is 5.96. The van der Waals surface area contributed by atoms with Crippen LogP contribution in [-0.2, 0) is 19.7 Å². The van der Waals surface area contributed by atoms with Crippen LogP contribution < -0.4 is 15.6 Å². The molecule has 0 spiro atoms. The smallest absolute Gasteiger partial charge is 0.280 e. The Bertz CT molecular complexity index is 1810. The van der Waals surface area contributed by atoms with E-state index in [4.69, 9.17) is 23.9 Å². The first kappa shape index (κ1) is 30.9. The van der Waals surface area contributed by atoms with E-state index in [0.717, 1.165) is 48.3 Å². The second-order valence-corrected chi connectivity index (χ2v) is 11.8. The van der Waals surface area contributed by atoms with Crippen molar-refractivity contribution in [2.24, 2.45) is 0 Å². The predicted molar refractivity (Wildman–Crippen MR) is 180 cm³/mol. The number of fused-ring (bicyclic) bond motifs is 1. The number of hydrogen-bond acceptors (Lipinski definition) is 8. The fourth-order valence-corrected chi connectivity index (χ4v) is 6.54. The Morgan fingerprint density at radius 2 is 1.62 bits per heavy atom. The van der Waals surface area contributed by atoms with E-state index >= 15 is 0 Å². The number of rotatable bonds is 12. The van der Waals surface area contributed by atoms with Gasteiger partial charge in [0, 0.05) is 13.0 Å². The summed E-state index contributed by atoms with van der Waals surface area (Å²) in [6, 6.07) is 28.2. The molecule has 47 heavy (non-hydrogen) atoms. The van der Waals surface area contributed by atoms with Crippen LogP contribution in [0, 0.1) is 0 Å². The standard InChI is InChI=1S/C37H39N5O5/c1-44-30-18-15-28(16-19-30)37(26-10-4-2-5-11-26,27-12-6-3-7-13-27)41-36-39-34-33(35(43)40-36)38-25-42(34)29-17-20-31(24-29)45-22-23-47-32-14-8-9-21-46-32/h2-7,10-13,15-20,25,29,31-32H,8-9,14,21-24H2,1H3,(H2,39,40,41,43)/t29-,31+,32?/m0/s1. The zero-order valence-corrected chi connectivity index (χ0v) is 26.4. The van der Waals surface area contributed by atoms with E-state index in [1.807, 2.05) is 65.2 Å². The highest BCUT2D eigenvalue weighted by molar-refractivity contribution is 5.72. The molecule has 0 radical (unpaired) electrons. The fourth-order valence-electron chi connectivity index (χ4n) is 6.54. The van der Waals surface area contributed by atoms with Gasteiger partial charge in [-0.1, -0.05) is 84.9 Å². The molecule has 1 aliphatic heterocycles. The van der Waals surface area contributed by atoms with E-state index in [1.165, 1.54) is 0 Å². The van der Waals surface area contributed by atoms with Crippen LogP contribution in [-0.4, -0.2) is 58.8 Å². The van der Waals surface area contributed by atoms with Crippen LogP contribution in [0.2, 0.25) is 0 Å². The minimum atomic E-state index is -0.903. The highest BCUT2D eigenvalue weighted by Crippen LogP contribution is 2.40. The van der Waals surface area contributed by atoms with Crippen LogP contribution in [0.3, 0.4) is 0 Å². The quantitative estimate of drug-likeness (QED) is 0.0984. The van der Waals surface area contributed by atoms with E-state index in [9.17, 15) is 4.79 Å². The highest BCUT2D eigenvalue weighted by atomic mass is 16.7. The SMILES string of the molecule is COc1ccc(C(Nc2nc3c(ncn3[C@H]3C=C[C@@H](OCCOC4CCCCO4)C3)c(=O)[nH]2)(c2ccccc2)c2ccccc2)cc1. The number of H-pyrrole nitrogens is 1. The van der Waals surface area contributed by atoms with Crippen LogP contribution in [0.15, 0.2) is 108 Å². The first-order valence-electron chi connectivity index (χ1n) is 16.2. The lowest BCUT2D eigenvalue weighted by molar-refractivity contribution is -0.170. The summed E-state index contributed by atoms with van der Waals surface area (Å²) in [5.41, 5.74) is 2.45. The summed E-state index contributed by atoms with van der Waals surface area (Å²) in [7, 11) is 1.65. The van der Waals surface area contributed by atoms with Gasteiger partial charge < -0.3 is 28.8 Å². The molecule has 10 heteroatoms. The molecule has 1 saturated heterocycles. The van der Waals surface area contributed by atoms with Gasteiger partial charge in [0.25, 0.3) is 5.56 Å². The molecule has 10 nitrogen and oxygen atoms in total. The second kappa shape index (κ2) is 13.9. The summed E-state index contributed by atoms with van der Waals surface area (Å²) in [5, 5.41) is 3.67. The number of aromatic nitrogens is 4. The van der Waals surface area contributed by atoms with Crippen molar-refractivity contribution >= 4 is 17.1 Å². The molecule has 5 aromatic rings. The van der Waals surface area contributed by atoms with Gasteiger partial charge in [-0.3, -0.25) is 9.78 Å². The Kier molecular flexibility index (Phi) is 9.14. The summed E-state index contributed by atoms with van der Waals surface area (Å²) >= 11 is 0. The molecule has 1 fully saturated rings. The Balaban J connectivity index is 1.18. The fraction of sp³-hybridized carbons (Fsp3) is 0.324. The number of ether oxygens (including phenoxy) is 4. The molecule has 3 aromatic carbocycles. The number of methoxy groups -OCH3 is 1. The van der Waals surface area contributed by atoms with Crippen LogP contribution in [0.4, 0.5) is 5.95 Å². The number of nitrogens with zero attached hydrogens (tertiary/aromatic N) is 3. The number of nitrogens with one attached hydrogen (secondary N) is 2. The van der Waals surface area contributed by atoms with Crippen LogP contribution in [0.1, 0.15) is 48.4 Å². The number of imidazole rings is 1. The maximum atomic E-state index is 13.5. The van der Waals surface area contributed by atoms with E-state index in [0.29, 0.717) is 31.2 Å². The second-order valence-electron chi connectivity index (χ2n) is 11.8. The minimum absolute atomic E-state index is 0.0654. The number of allylic oxidation sites excluding steroid dienone is 1. The molecular weight excluding hydrogens is 594 g/mol. The van der Waals surface area contributed by atoms with Gasteiger partial charge in [-0.15, -0.1) is 0 Å². The number of hydrogen-bond donors (Lipinski definition) is 2. The molecule has 0 amide bonds. The molecule has 2 aliphatic rings. The van der Waals surface area contributed by atoms with Crippen LogP contribution >= 0.6 is 0 Å². The molecule has 2 N–H and O–H groups in total. The van der Waals surface area contributed by atoms with Gasteiger partial charge in [0.05, 0.1) is 38.8 Å². The van der Waals surface area contributed by atoms with Crippen LogP contribution in [0.5, 0.6) is 5.75 Å². The zero-order valence-electron chi connectivity index (χ0n) is 26.4. The first-order valence-corrected chi connectivity index (χ1v) is 16.2. The molecule has 0 bridgehead atoms. The number of benzene rings is 3. The molecule has 0 saturated carbocycles. The van der Waals surface area contributed by atoms with Crippen molar-refractivity contribution in [3.8, 4) is 5.75 Å². The largest absolute Gasteiger partial charge is 0.497 e. The van der Waals surface area contributed by atoms with Crippen molar-refractivity contribution in [2.75, 3.05) is 32.2 Å². The lowest BCUT2D eigenvalue weighted by atomic mass is 9.77. The molecule has 242 valence electrons. The summed E-state index contributed by atoms with van der Waals surface area (Å²) in [6.07, 6.45) is 9.47. The monoisotopic (exact) mass is 633 g/mol. The van der Waals surface area contributed by atoms with Gasteiger partial charge in [-0.25, -0.2) is 4.98 Å². The molecule has 7 rings (SSSR count). The van der Waals surface area contributed by atoms with Gasteiger partial charge in [-0.2, -0.15) is 4.98 Å². The summed E-state index contributed by atoms with van der Waals surface area (Å²) in [5.74, 6) is 1.07. The summed E-state index contributed by atoms with van der Waals surface area (Å²) in [6.45, 7) is 1.72. The molecule has 1 aliphatic carbocycles. The van der Waals surface area contributed by atoms with Gasteiger partial charge in [0.15, 0.2) is 17.5 Å². The first-order chi connectivity index (χ1) is 23.1. The molecular formula is C37H39N5O5. The third kappa shape index (κ3) is 6.44. The summed E-state index contributed by atoms with van der Waals surface area (Å²) in [4.78, 5) is 25.9. The lowest BCUT2D eigenvalue weighted by Crippen LogP contribution is -2.39. The minimum Gasteiger partial charge on any atom is -0.497 e. The number of aromatic amines is 1. The average molecular weight is 634 g/mol. The third-order valence-corrected chi connectivity index (χ3v) is 8.91. The Morgan fingerprint density at radius 3 is 2.30 bits per heavy atom. The van der Waals surface area contributed by atoms with E-state index in [-0.39, 0.29) is 29.5 Å². The normalized spacial score (nSPS) is 19.6.